The molecule has 2 aromatic carbocycles. The zero-order valence-electron chi connectivity index (χ0n) is 14.3. The van der Waals surface area contributed by atoms with E-state index >= 15 is 0 Å². The summed E-state index contributed by atoms with van der Waals surface area (Å²) in [5.74, 6) is 0.725. The van der Waals surface area contributed by atoms with Gasteiger partial charge in [0.1, 0.15) is 5.75 Å². The minimum absolute atomic E-state index is 0.0810. The zero-order valence-corrected chi connectivity index (χ0v) is 15.1. The van der Waals surface area contributed by atoms with E-state index in [-0.39, 0.29) is 22.4 Å². The summed E-state index contributed by atoms with van der Waals surface area (Å²) in [5, 5.41) is 18.9. The lowest BCUT2D eigenvalue weighted by Crippen LogP contribution is -2.06. The summed E-state index contributed by atoms with van der Waals surface area (Å²) in [4.78, 5) is 10.4. The maximum Gasteiger partial charge on any atom is 0.416 e. The second kappa shape index (κ2) is 7.89. The summed E-state index contributed by atoms with van der Waals surface area (Å²) in [6, 6.07) is 9.11. The van der Waals surface area contributed by atoms with Gasteiger partial charge in [-0.3, -0.25) is 10.1 Å². The van der Waals surface area contributed by atoms with Crippen LogP contribution in [0.2, 0.25) is 0 Å². The van der Waals surface area contributed by atoms with Crippen LogP contribution in [-0.4, -0.2) is 22.2 Å². The van der Waals surface area contributed by atoms with Gasteiger partial charge in [0.15, 0.2) is 0 Å². The van der Waals surface area contributed by atoms with Crippen LogP contribution < -0.4 is 4.74 Å². The molecule has 7 nitrogen and oxygen atoms in total. The fraction of sp³-hybridized carbons (Fsp3) is 0.176. The van der Waals surface area contributed by atoms with Crippen molar-refractivity contribution in [2.24, 2.45) is 0 Å². The van der Waals surface area contributed by atoms with Crippen molar-refractivity contribution in [3.63, 3.8) is 0 Å². The molecule has 0 bridgehead atoms. The molecule has 0 fully saturated rings. The Morgan fingerprint density at radius 1 is 1.18 bits per heavy atom. The van der Waals surface area contributed by atoms with E-state index in [1.54, 1.807) is 24.3 Å². The molecule has 3 aromatic rings. The van der Waals surface area contributed by atoms with Crippen LogP contribution in [0.5, 0.6) is 5.75 Å². The molecule has 0 N–H and O–H groups in total. The number of halogens is 3. The minimum Gasteiger partial charge on any atom is -0.497 e. The molecule has 3 rings (SSSR count). The summed E-state index contributed by atoms with van der Waals surface area (Å²) in [6.07, 6.45) is -4.60. The highest BCUT2D eigenvalue weighted by molar-refractivity contribution is 7.98. The molecule has 0 atom stereocenters. The number of thioether (sulfide) groups is 1. The molecule has 1 heterocycles. The number of alkyl halides is 3. The highest BCUT2D eigenvalue weighted by atomic mass is 32.2. The predicted molar refractivity (Wildman–Crippen MR) is 93.9 cm³/mol. The molecule has 146 valence electrons. The summed E-state index contributed by atoms with van der Waals surface area (Å²) in [7, 11) is 1.53. The van der Waals surface area contributed by atoms with E-state index in [4.69, 9.17) is 9.15 Å². The first-order chi connectivity index (χ1) is 13.3. The Hall–Kier alpha value is -3.08. The number of hydrogen-bond acceptors (Lipinski definition) is 7. The molecule has 28 heavy (non-hydrogen) atoms. The largest absolute Gasteiger partial charge is 0.497 e. The van der Waals surface area contributed by atoms with Crippen LogP contribution in [0.4, 0.5) is 18.9 Å². The third-order valence-electron chi connectivity index (χ3n) is 3.70. The molecule has 0 amide bonds. The molecular formula is C17H12F3N3O4S. The van der Waals surface area contributed by atoms with Gasteiger partial charge in [-0.15, -0.1) is 10.2 Å². The van der Waals surface area contributed by atoms with Crippen LogP contribution in [0.15, 0.2) is 52.1 Å². The Morgan fingerprint density at radius 2 is 1.89 bits per heavy atom. The van der Waals surface area contributed by atoms with Crippen LogP contribution >= 0.6 is 11.8 Å². The standard InChI is InChI=1S/C17H12F3N3O4S/c1-26-13-5-2-10(3-6-13)15-21-22-16(27-15)28-9-11-8-12(17(18,19)20)4-7-14(11)23(24)25/h2-8H,9H2,1H3. The van der Waals surface area contributed by atoms with Gasteiger partial charge in [-0.2, -0.15) is 13.2 Å². The van der Waals surface area contributed by atoms with E-state index in [0.29, 0.717) is 17.4 Å². The van der Waals surface area contributed by atoms with E-state index in [1.807, 2.05) is 0 Å². The minimum atomic E-state index is -4.60. The number of aromatic nitrogens is 2. The van der Waals surface area contributed by atoms with Crippen molar-refractivity contribution in [1.29, 1.82) is 0 Å². The van der Waals surface area contributed by atoms with E-state index in [0.717, 1.165) is 23.9 Å². The molecule has 0 aliphatic heterocycles. The first kappa shape index (κ1) is 19.7. The van der Waals surface area contributed by atoms with Gasteiger partial charge in [-0.05, 0) is 36.4 Å². The van der Waals surface area contributed by atoms with Crippen LogP contribution in [-0.2, 0) is 11.9 Å². The molecule has 0 saturated carbocycles. The van der Waals surface area contributed by atoms with E-state index in [9.17, 15) is 23.3 Å². The Labute approximate surface area is 160 Å². The Balaban J connectivity index is 1.78. The quantitative estimate of drug-likeness (QED) is 0.321. The lowest BCUT2D eigenvalue weighted by atomic mass is 10.1. The van der Waals surface area contributed by atoms with Crippen LogP contribution in [0.3, 0.4) is 0 Å². The molecule has 0 saturated heterocycles. The van der Waals surface area contributed by atoms with Crippen molar-refractivity contribution >= 4 is 17.4 Å². The SMILES string of the molecule is COc1ccc(-c2nnc(SCc3cc(C(F)(F)F)ccc3[N+](=O)[O-])o2)cc1. The molecule has 0 aliphatic carbocycles. The normalized spacial score (nSPS) is 11.4. The zero-order chi connectivity index (χ0) is 20.3. The number of benzene rings is 2. The molecule has 0 spiro atoms. The number of ether oxygens (including phenoxy) is 1. The molecule has 0 aliphatic rings. The van der Waals surface area contributed by atoms with Gasteiger partial charge in [0.25, 0.3) is 10.9 Å². The van der Waals surface area contributed by atoms with E-state index in [1.165, 1.54) is 7.11 Å². The van der Waals surface area contributed by atoms with Crippen LogP contribution in [0.1, 0.15) is 11.1 Å². The van der Waals surface area contributed by atoms with Crippen molar-refractivity contribution in [1.82, 2.24) is 10.2 Å². The van der Waals surface area contributed by atoms with Gasteiger partial charge in [0.05, 0.1) is 17.6 Å². The van der Waals surface area contributed by atoms with Crippen molar-refractivity contribution in [3.8, 4) is 17.2 Å². The number of nitro benzene ring substituents is 1. The molecule has 0 unspecified atom stereocenters. The lowest BCUT2D eigenvalue weighted by Gasteiger charge is -2.08. The monoisotopic (exact) mass is 411 g/mol. The van der Waals surface area contributed by atoms with Gasteiger partial charge in [0, 0.05) is 22.9 Å². The van der Waals surface area contributed by atoms with Crippen LogP contribution in [0.25, 0.3) is 11.5 Å². The van der Waals surface area contributed by atoms with E-state index in [2.05, 4.69) is 10.2 Å². The Kier molecular flexibility index (Phi) is 5.54. The van der Waals surface area contributed by atoms with Crippen molar-refractivity contribution in [3.05, 3.63) is 63.7 Å². The molecule has 0 radical (unpaired) electrons. The predicted octanol–water partition coefficient (Wildman–Crippen LogP) is 4.96. The number of nitro groups is 1. The Bertz CT molecular complexity index is 990. The highest BCUT2D eigenvalue weighted by Gasteiger charge is 2.32. The Morgan fingerprint density at radius 3 is 2.50 bits per heavy atom. The smallest absolute Gasteiger partial charge is 0.416 e. The molecule has 11 heteroatoms. The van der Waals surface area contributed by atoms with E-state index < -0.39 is 22.4 Å². The van der Waals surface area contributed by atoms with Crippen molar-refractivity contribution in [2.45, 2.75) is 17.2 Å². The second-order valence-corrected chi connectivity index (χ2v) is 6.42. The summed E-state index contributed by atoms with van der Waals surface area (Å²) < 4.78 is 49.2. The number of rotatable bonds is 6. The van der Waals surface area contributed by atoms with Crippen molar-refractivity contribution in [2.75, 3.05) is 7.11 Å². The van der Waals surface area contributed by atoms with Gasteiger partial charge in [0.2, 0.25) is 5.89 Å². The first-order valence-electron chi connectivity index (χ1n) is 7.73. The summed E-state index contributed by atoms with van der Waals surface area (Å²) in [6.45, 7) is 0. The van der Waals surface area contributed by atoms with Gasteiger partial charge >= 0.3 is 6.18 Å². The first-order valence-corrected chi connectivity index (χ1v) is 8.71. The fourth-order valence-corrected chi connectivity index (χ4v) is 3.06. The highest BCUT2D eigenvalue weighted by Crippen LogP contribution is 2.35. The number of hydrogen-bond donors (Lipinski definition) is 0. The fourth-order valence-electron chi connectivity index (χ4n) is 2.31. The maximum atomic E-state index is 12.9. The van der Waals surface area contributed by atoms with Crippen LogP contribution in [0, 0.1) is 10.1 Å². The third kappa shape index (κ3) is 4.42. The average molecular weight is 411 g/mol. The number of nitrogens with zero attached hydrogens (tertiary/aromatic N) is 3. The number of methoxy groups -OCH3 is 1. The summed E-state index contributed by atoms with van der Waals surface area (Å²) >= 11 is 0.911. The van der Waals surface area contributed by atoms with Gasteiger partial charge in [-0.25, -0.2) is 0 Å². The molecular weight excluding hydrogens is 399 g/mol. The second-order valence-electron chi connectivity index (χ2n) is 5.49. The molecule has 1 aromatic heterocycles. The average Bonchev–Trinajstić information content (AvgIpc) is 3.14. The van der Waals surface area contributed by atoms with Gasteiger partial charge < -0.3 is 9.15 Å². The van der Waals surface area contributed by atoms with Gasteiger partial charge in [-0.1, -0.05) is 11.8 Å². The summed E-state index contributed by atoms with van der Waals surface area (Å²) in [5.41, 5.74) is -0.826. The van der Waals surface area contributed by atoms with Crippen molar-refractivity contribution < 1.29 is 27.2 Å². The maximum absolute atomic E-state index is 12.9. The lowest BCUT2D eigenvalue weighted by molar-refractivity contribution is -0.385. The topological polar surface area (TPSA) is 91.3 Å². The third-order valence-corrected chi connectivity index (χ3v) is 4.57.